The highest BCUT2D eigenvalue weighted by Gasteiger charge is 2.23. The average molecular weight is 377 g/mol. The second kappa shape index (κ2) is 9.10. The number of carboxylic acid groups (broad SMARTS) is 1. The lowest BCUT2D eigenvalue weighted by molar-refractivity contribution is 0.0696. The summed E-state index contributed by atoms with van der Waals surface area (Å²) < 4.78 is 12.3. The fourth-order valence-electron chi connectivity index (χ4n) is 2.70. The summed E-state index contributed by atoms with van der Waals surface area (Å²) in [5.41, 5.74) is 1.73. The van der Waals surface area contributed by atoms with Crippen LogP contribution in [0, 0.1) is 0 Å². The van der Waals surface area contributed by atoms with E-state index in [4.69, 9.17) is 5.11 Å². The van der Waals surface area contributed by atoms with Crippen molar-refractivity contribution in [1.29, 1.82) is 0 Å². The molecule has 0 aromatic heterocycles. The number of benzene rings is 2. The normalized spacial score (nSPS) is 15.8. The van der Waals surface area contributed by atoms with Gasteiger partial charge in [0.05, 0.1) is 17.8 Å². The number of hydrogen-bond donors (Lipinski definition) is 4. The molecule has 0 aliphatic carbocycles. The highest BCUT2D eigenvalue weighted by Crippen LogP contribution is 2.44. The Balaban J connectivity index is 1.87. The maximum absolute atomic E-state index is 12.3. The molecule has 0 amide bonds. The molecule has 0 bridgehead atoms. The Morgan fingerprint density at radius 1 is 1.15 bits per heavy atom. The topological polar surface area (TPSA) is 107 Å². The van der Waals surface area contributed by atoms with Gasteiger partial charge >= 0.3 is 5.97 Å². The van der Waals surface area contributed by atoms with Gasteiger partial charge in [-0.25, -0.2) is 4.79 Å². The second-order valence-electron chi connectivity index (χ2n) is 6.39. The summed E-state index contributed by atoms with van der Waals surface area (Å²) in [5.74, 6) is -0.999. The van der Waals surface area contributed by atoms with E-state index in [0.717, 1.165) is 11.1 Å². The number of aliphatic hydroxyl groups excluding tert-OH is 1. The van der Waals surface area contributed by atoms with E-state index in [2.05, 4.69) is 5.32 Å². The quantitative estimate of drug-likeness (QED) is 0.501. The minimum absolute atomic E-state index is 0.0289. The van der Waals surface area contributed by atoms with Crippen LogP contribution in [-0.2, 0) is 10.7 Å². The third-order valence-electron chi connectivity index (χ3n) is 4.06. The van der Waals surface area contributed by atoms with Crippen LogP contribution in [0.3, 0.4) is 0 Å². The van der Waals surface area contributed by atoms with Crippen molar-refractivity contribution >= 4 is 13.3 Å². The van der Waals surface area contributed by atoms with Crippen molar-refractivity contribution in [3.63, 3.8) is 0 Å². The predicted molar refractivity (Wildman–Crippen MR) is 101 cm³/mol. The molecule has 0 fully saturated rings. The van der Waals surface area contributed by atoms with E-state index in [9.17, 15) is 19.4 Å². The molecule has 0 aliphatic heterocycles. The van der Waals surface area contributed by atoms with E-state index < -0.39 is 19.4 Å². The Bertz CT molecular complexity index is 781. The van der Waals surface area contributed by atoms with Crippen molar-refractivity contribution < 1.29 is 24.5 Å². The van der Waals surface area contributed by atoms with Crippen LogP contribution >= 0.6 is 7.37 Å². The highest BCUT2D eigenvalue weighted by molar-refractivity contribution is 7.57. The van der Waals surface area contributed by atoms with E-state index >= 15 is 0 Å². The molecule has 2 aromatic carbocycles. The fraction of sp³-hybridized carbons (Fsp3) is 0.316. The van der Waals surface area contributed by atoms with E-state index in [1.165, 1.54) is 6.07 Å². The molecule has 0 saturated heterocycles. The maximum Gasteiger partial charge on any atom is 0.335 e. The first-order valence-corrected chi connectivity index (χ1v) is 10.4. The molecule has 3 atom stereocenters. The standard InChI is InChI=1S/C19H24NO5P/c1-14(16-8-5-9-17(10-16)19(22)23)20-11-18(21)13-26(24,25)12-15-6-3-2-4-7-15/h2-10,14,18,20-21H,11-13H2,1H3,(H,22,23)(H,24,25)/t14-,18-/m0/s1. The van der Waals surface area contributed by atoms with Gasteiger partial charge in [0.1, 0.15) is 0 Å². The monoisotopic (exact) mass is 377 g/mol. The Labute approximate surface area is 153 Å². The number of aromatic carboxylic acids is 1. The van der Waals surface area contributed by atoms with Gasteiger partial charge in [-0.15, -0.1) is 0 Å². The van der Waals surface area contributed by atoms with Gasteiger partial charge < -0.3 is 20.4 Å². The molecular formula is C19H24NO5P. The van der Waals surface area contributed by atoms with Crippen LogP contribution in [-0.4, -0.2) is 39.9 Å². The molecule has 2 aromatic rings. The molecule has 0 spiro atoms. The molecule has 140 valence electrons. The van der Waals surface area contributed by atoms with Crippen LogP contribution in [0.5, 0.6) is 0 Å². The summed E-state index contributed by atoms with van der Waals surface area (Å²) in [6.07, 6.45) is -1.14. The lowest BCUT2D eigenvalue weighted by Gasteiger charge is -2.20. The smallest absolute Gasteiger partial charge is 0.335 e. The van der Waals surface area contributed by atoms with Crippen molar-refractivity contribution in [2.24, 2.45) is 0 Å². The van der Waals surface area contributed by atoms with Crippen LogP contribution < -0.4 is 5.32 Å². The molecule has 4 N–H and O–H groups in total. The highest BCUT2D eigenvalue weighted by atomic mass is 31.2. The van der Waals surface area contributed by atoms with E-state index in [-0.39, 0.29) is 30.5 Å². The van der Waals surface area contributed by atoms with E-state index in [0.29, 0.717) is 0 Å². The summed E-state index contributed by atoms with van der Waals surface area (Å²) in [6.45, 7) is 1.98. The molecule has 0 saturated carbocycles. The zero-order valence-corrected chi connectivity index (χ0v) is 15.5. The maximum atomic E-state index is 12.3. The second-order valence-corrected chi connectivity index (χ2v) is 8.76. The average Bonchev–Trinajstić information content (AvgIpc) is 2.59. The Kier molecular flexibility index (Phi) is 7.12. The van der Waals surface area contributed by atoms with Gasteiger partial charge in [-0.2, -0.15) is 0 Å². The van der Waals surface area contributed by atoms with Gasteiger partial charge in [-0.05, 0) is 30.2 Å². The third-order valence-corrected chi connectivity index (χ3v) is 5.91. The zero-order valence-electron chi connectivity index (χ0n) is 14.6. The van der Waals surface area contributed by atoms with Crippen molar-refractivity contribution in [3.8, 4) is 0 Å². The first-order chi connectivity index (χ1) is 12.3. The van der Waals surface area contributed by atoms with Gasteiger partial charge in [0.2, 0.25) is 7.37 Å². The van der Waals surface area contributed by atoms with Gasteiger partial charge in [0.25, 0.3) is 0 Å². The third kappa shape index (κ3) is 6.39. The molecule has 0 aliphatic rings. The van der Waals surface area contributed by atoms with E-state index in [1.807, 2.05) is 13.0 Å². The summed E-state index contributed by atoms with van der Waals surface area (Å²) in [7, 11) is -3.49. The fourth-order valence-corrected chi connectivity index (χ4v) is 4.40. The molecule has 2 rings (SSSR count). The van der Waals surface area contributed by atoms with Crippen molar-refractivity contribution in [2.45, 2.75) is 25.2 Å². The predicted octanol–water partition coefficient (Wildman–Crippen LogP) is 2.87. The van der Waals surface area contributed by atoms with Crippen molar-refractivity contribution in [2.75, 3.05) is 12.7 Å². The first kappa shape index (κ1) is 20.3. The molecule has 1 unspecified atom stereocenters. The van der Waals surface area contributed by atoms with Gasteiger partial charge in [0.15, 0.2) is 0 Å². The molecule has 0 radical (unpaired) electrons. The Morgan fingerprint density at radius 3 is 2.50 bits per heavy atom. The SMILES string of the molecule is C[C@H](NC[C@H](O)CP(=O)(O)Cc1ccccc1)c1cccc(C(=O)O)c1. The summed E-state index contributed by atoms with van der Waals surface area (Å²) in [6, 6.07) is 15.4. The Hall–Kier alpha value is -1.98. The zero-order chi connectivity index (χ0) is 19.2. The minimum atomic E-state index is -3.49. The molecule has 26 heavy (non-hydrogen) atoms. The lowest BCUT2D eigenvalue weighted by atomic mass is 10.1. The first-order valence-electron chi connectivity index (χ1n) is 8.36. The number of aliphatic hydroxyl groups is 1. The Morgan fingerprint density at radius 2 is 1.85 bits per heavy atom. The number of nitrogens with one attached hydrogen (secondary N) is 1. The number of hydrogen-bond acceptors (Lipinski definition) is 4. The summed E-state index contributed by atoms with van der Waals surface area (Å²) >= 11 is 0. The summed E-state index contributed by atoms with van der Waals surface area (Å²) in [4.78, 5) is 21.1. The molecule has 6 nitrogen and oxygen atoms in total. The molecule has 7 heteroatoms. The number of carbonyl (C=O) groups is 1. The van der Waals surface area contributed by atoms with Gasteiger partial charge in [0, 0.05) is 18.7 Å². The summed E-state index contributed by atoms with van der Waals surface area (Å²) in [5, 5.41) is 22.2. The molecule has 0 heterocycles. The number of rotatable bonds is 9. The molecular weight excluding hydrogens is 353 g/mol. The lowest BCUT2D eigenvalue weighted by Crippen LogP contribution is -2.31. The van der Waals surface area contributed by atoms with Crippen LogP contribution in [0.4, 0.5) is 0 Å². The van der Waals surface area contributed by atoms with Crippen molar-refractivity contribution in [3.05, 3.63) is 71.3 Å². The van der Waals surface area contributed by atoms with Crippen LogP contribution in [0.25, 0.3) is 0 Å². The van der Waals surface area contributed by atoms with Gasteiger partial charge in [-0.1, -0.05) is 42.5 Å². The van der Waals surface area contributed by atoms with Gasteiger partial charge in [-0.3, -0.25) is 4.57 Å². The minimum Gasteiger partial charge on any atom is -0.478 e. The number of carboxylic acids is 1. The van der Waals surface area contributed by atoms with Crippen LogP contribution in [0.15, 0.2) is 54.6 Å². The van der Waals surface area contributed by atoms with Crippen LogP contribution in [0.1, 0.15) is 34.5 Å². The van der Waals surface area contributed by atoms with Crippen LogP contribution in [0.2, 0.25) is 0 Å². The largest absolute Gasteiger partial charge is 0.478 e. The van der Waals surface area contributed by atoms with E-state index in [1.54, 1.807) is 42.5 Å². The van der Waals surface area contributed by atoms with Crippen molar-refractivity contribution in [1.82, 2.24) is 5.32 Å².